The Morgan fingerprint density at radius 3 is 2.67 bits per heavy atom. The minimum Gasteiger partial charge on any atom is -0.382 e. The Bertz CT molecular complexity index is 239. The molecule has 2 unspecified atom stereocenters. The summed E-state index contributed by atoms with van der Waals surface area (Å²) in [6.07, 6.45) is 1.40. The number of aliphatic hydroxyl groups is 1. The molecule has 5 nitrogen and oxygen atoms in total. The molecule has 86 valence electrons. The number of hydrogen-bond donors (Lipinski definition) is 3. The van der Waals surface area contributed by atoms with E-state index in [1.807, 2.05) is 0 Å². The Morgan fingerprint density at radius 2 is 2.20 bits per heavy atom. The lowest BCUT2D eigenvalue weighted by atomic mass is 9.84. The van der Waals surface area contributed by atoms with Crippen LogP contribution in [-0.4, -0.2) is 54.2 Å². The number of carbonyl (C=O) groups excluding carboxylic acids is 1. The van der Waals surface area contributed by atoms with Crippen molar-refractivity contribution < 1.29 is 9.90 Å². The number of primary amides is 1. The van der Waals surface area contributed by atoms with Crippen LogP contribution >= 0.6 is 0 Å². The van der Waals surface area contributed by atoms with E-state index in [0.717, 1.165) is 6.54 Å². The highest BCUT2D eigenvalue weighted by atomic mass is 16.3. The van der Waals surface area contributed by atoms with Crippen molar-refractivity contribution in [1.82, 2.24) is 10.2 Å². The molecule has 15 heavy (non-hydrogen) atoms. The van der Waals surface area contributed by atoms with Gasteiger partial charge in [-0.1, -0.05) is 0 Å². The van der Waals surface area contributed by atoms with Gasteiger partial charge in [-0.25, -0.2) is 0 Å². The van der Waals surface area contributed by atoms with Crippen LogP contribution in [0.5, 0.6) is 0 Å². The summed E-state index contributed by atoms with van der Waals surface area (Å²) in [7, 11) is 0. The van der Waals surface area contributed by atoms with Crippen LogP contribution in [0.2, 0.25) is 0 Å². The zero-order valence-corrected chi connectivity index (χ0v) is 8.85. The Labute approximate surface area is 89.6 Å². The van der Waals surface area contributed by atoms with Gasteiger partial charge in [0.05, 0.1) is 0 Å². The van der Waals surface area contributed by atoms with E-state index < -0.39 is 12.0 Å². The fourth-order valence-electron chi connectivity index (χ4n) is 2.56. The minimum absolute atomic E-state index is 0.282. The first kappa shape index (κ1) is 10.9. The van der Waals surface area contributed by atoms with E-state index in [1.54, 1.807) is 0 Å². The predicted molar refractivity (Wildman–Crippen MR) is 56.2 cm³/mol. The first-order valence-corrected chi connectivity index (χ1v) is 5.60. The molecule has 0 aliphatic carbocycles. The molecule has 0 radical (unpaired) electrons. The molecule has 3 rings (SSSR count). The predicted octanol–water partition coefficient (Wildman–Crippen LogP) is -1.48. The van der Waals surface area contributed by atoms with Gasteiger partial charge < -0.3 is 21.1 Å². The van der Waals surface area contributed by atoms with E-state index in [0.29, 0.717) is 12.0 Å². The fourth-order valence-corrected chi connectivity index (χ4v) is 2.56. The lowest BCUT2D eigenvalue weighted by Gasteiger charge is -2.45. The number of nitrogens with zero attached hydrogens (tertiary/aromatic N) is 1. The summed E-state index contributed by atoms with van der Waals surface area (Å²) in [4.78, 5) is 13.1. The van der Waals surface area contributed by atoms with Crippen LogP contribution in [0.3, 0.4) is 0 Å². The third-order valence-electron chi connectivity index (χ3n) is 3.56. The molecule has 5 heteroatoms. The maximum atomic E-state index is 10.7. The molecular formula is C10H19N3O2. The number of hydrogen-bond acceptors (Lipinski definition) is 4. The van der Waals surface area contributed by atoms with Crippen molar-refractivity contribution in [3.8, 4) is 0 Å². The molecule has 0 aromatic heterocycles. The fraction of sp³-hybridized carbons (Fsp3) is 0.900. The number of rotatable bonds is 4. The van der Waals surface area contributed by atoms with Gasteiger partial charge >= 0.3 is 0 Å². The van der Waals surface area contributed by atoms with E-state index in [4.69, 9.17) is 5.73 Å². The first-order valence-electron chi connectivity index (χ1n) is 5.60. The van der Waals surface area contributed by atoms with Crippen LogP contribution in [0.4, 0.5) is 0 Å². The van der Waals surface area contributed by atoms with Crippen LogP contribution < -0.4 is 11.1 Å². The zero-order valence-electron chi connectivity index (χ0n) is 8.85. The largest absolute Gasteiger partial charge is 0.382 e. The maximum absolute atomic E-state index is 10.7. The molecule has 0 aromatic rings. The number of carbonyl (C=O) groups is 1. The number of amides is 1. The summed E-state index contributed by atoms with van der Waals surface area (Å²) in [5.41, 5.74) is 4.99. The molecule has 0 saturated carbocycles. The molecule has 3 aliphatic rings. The number of fused-ring (bicyclic) bond motifs is 3. The highest BCUT2D eigenvalue weighted by molar-refractivity contribution is 5.78. The van der Waals surface area contributed by atoms with Crippen LogP contribution in [0.25, 0.3) is 0 Å². The third kappa shape index (κ3) is 2.48. The summed E-state index contributed by atoms with van der Waals surface area (Å²) < 4.78 is 0. The normalized spacial score (nSPS) is 36.5. The second-order valence-corrected chi connectivity index (χ2v) is 4.57. The van der Waals surface area contributed by atoms with Gasteiger partial charge in [-0.05, 0) is 31.8 Å². The van der Waals surface area contributed by atoms with E-state index in [1.165, 1.54) is 25.9 Å². The molecular weight excluding hydrogens is 194 g/mol. The highest BCUT2D eigenvalue weighted by Gasteiger charge is 2.33. The van der Waals surface area contributed by atoms with Gasteiger partial charge in [0, 0.05) is 19.1 Å². The van der Waals surface area contributed by atoms with Gasteiger partial charge in [0.25, 0.3) is 0 Å². The molecule has 3 aliphatic heterocycles. The van der Waals surface area contributed by atoms with Crippen molar-refractivity contribution in [1.29, 1.82) is 0 Å². The van der Waals surface area contributed by atoms with Crippen LogP contribution in [0, 0.1) is 5.92 Å². The quantitative estimate of drug-likeness (QED) is 0.532. The summed E-state index contributed by atoms with van der Waals surface area (Å²) in [6, 6.07) is 0.418. The maximum Gasteiger partial charge on any atom is 0.247 e. The van der Waals surface area contributed by atoms with Crippen LogP contribution in [0.15, 0.2) is 0 Å². The average molecular weight is 213 g/mol. The van der Waals surface area contributed by atoms with Crippen molar-refractivity contribution in [3.63, 3.8) is 0 Å². The minimum atomic E-state index is -1.06. The summed E-state index contributed by atoms with van der Waals surface area (Å²) >= 11 is 0. The van der Waals surface area contributed by atoms with Crippen LogP contribution in [-0.2, 0) is 4.79 Å². The lowest BCUT2D eigenvalue weighted by molar-refractivity contribution is -0.125. The van der Waals surface area contributed by atoms with E-state index in [2.05, 4.69) is 10.2 Å². The van der Waals surface area contributed by atoms with Crippen molar-refractivity contribution in [2.75, 3.05) is 26.2 Å². The number of aliphatic hydroxyl groups excluding tert-OH is 1. The van der Waals surface area contributed by atoms with E-state index in [-0.39, 0.29) is 6.54 Å². The molecule has 1 amide bonds. The van der Waals surface area contributed by atoms with Gasteiger partial charge in [-0.15, -0.1) is 0 Å². The van der Waals surface area contributed by atoms with Crippen molar-refractivity contribution in [2.45, 2.75) is 25.0 Å². The second kappa shape index (κ2) is 4.47. The monoisotopic (exact) mass is 213 g/mol. The Morgan fingerprint density at radius 1 is 1.53 bits per heavy atom. The second-order valence-electron chi connectivity index (χ2n) is 4.57. The summed E-state index contributed by atoms with van der Waals surface area (Å²) in [6.45, 7) is 3.71. The van der Waals surface area contributed by atoms with Gasteiger partial charge in [0.2, 0.25) is 5.91 Å². The van der Waals surface area contributed by atoms with Gasteiger partial charge in [0.15, 0.2) is 0 Å². The van der Waals surface area contributed by atoms with Crippen molar-refractivity contribution in [2.24, 2.45) is 11.7 Å². The van der Waals surface area contributed by atoms with E-state index >= 15 is 0 Å². The molecule has 2 atom stereocenters. The molecule has 3 heterocycles. The Hall–Kier alpha value is -0.650. The molecule has 0 spiro atoms. The molecule has 0 aromatic carbocycles. The van der Waals surface area contributed by atoms with Gasteiger partial charge in [0.1, 0.15) is 6.10 Å². The lowest BCUT2D eigenvalue weighted by Crippen LogP contribution is -2.57. The Balaban J connectivity index is 1.78. The molecule has 4 N–H and O–H groups in total. The first-order chi connectivity index (χ1) is 7.16. The van der Waals surface area contributed by atoms with Crippen molar-refractivity contribution >= 4 is 5.91 Å². The smallest absolute Gasteiger partial charge is 0.247 e. The zero-order chi connectivity index (χ0) is 10.8. The number of nitrogens with two attached hydrogens (primary N) is 1. The van der Waals surface area contributed by atoms with E-state index in [9.17, 15) is 9.90 Å². The van der Waals surface area contributed by atoms with Gasteiger partial charge in [-0.2, -0.15) is 0 Å². The standard InChI is InChI=1S/C10H19N3O2/c11-10(15)9(14)5-12-8-6-13-3-1-7(8)2-4-13/h7-9,12,14H,1-6H2,(H2,11,15). The summed E-state index contributed by atoms with van der Waals surface area (Å²) in [5.74, 6) is 0.0545. The van der Waals surface area contributed by atoms with Gasteiger partial charge in [-0.3, -0.25) is 4.79 Å². The number of piperidine rings is 3. The Kier molecular flexibility index (Phi) is 3.23. The average Bonchev–Trinajstić information content (AvgIpc) is 2.27. The molecule has 2 bridgehead atoms. The highest BCUT2D eigenvalue weighted by Crippen LogP contribution is 2.27. The summed E-state index contributed by atoms with van der Waals surface area (Å²) in [5, 5.41) is 12.5. The van der Waals surface area contributed by atoms with Crippen LogP contribution in [0.1, 0.15) is 12.8 Å². The topological polar surface area (TPSA) is 78.6 Å². The number of nitrogens with one attached hydrogen (secondary N) is 1. The third-order valence-corrected chi connectivity index (χ3v) is 3.56. The molecule has 3 saturated heterocycles. The molecule has 3 fully saturated rings. The van der Waals surface area contributed by atoms with Crippen molar-refractivity contribution in [3.05, 3.63) is 0 Å². The SMILES string of the molecule is NC(=O)C(O)CNC1CN2CCC1CC2.